The van der Waals surface area contributed by atoms with Crippen LogP contribution in [0.25, 0.3) is 0 Å². The van der Waals surface area contributed by atoms with Crippen LogP contribution in [0, 0.1) is 0 Å². The minimum Gasteiger partial charge on any atom is -0.490 e. The van der Waals surface area contributed by atoms with E-state index in [-0.39, 0.29) is 11.1 Å². The molecule has 0 aliphatic carbocycles. The molecule has 0 N–H and O–H groups in total. The molecule has 2 aromatic rings. The summed E-state index contributed by atoms with van der Waals surface area (Å²) in [7, 11) is 0. The lowest BCUT2D eigenvalue weighted by Crippen LogP contribution is -2.39. The maximum atomic E-state index is 12.7. The van der Waals surface area contributed by atoms with Crippen molar-refractivity contribution in [3.05, 3.63) is 47.1 Å². The van der Waals surface area contributed by atoms with Crippen LogP contribution in [-0.2, 0) is 6.18 Å². The monoisotopic (exact) mass is 400 g/mol. The van der Waals surface area contributed by atoms with E-state index in [0.29, 0.717) is 49.9 Å². The van der Waals surface area contributed by atoms with Crippen LogP contribution in [0.2, 0.25) is 5.02 Å². The number of aromatic nitrogens is 1. The van der Waals surface area contributed by atoms with Crippen molar-refractivity contribution in [3.63, 3.8) is 0 Å². The number of rotatable bonds is 5. The molecule has 1 aliphatic rings. The Morgan fingerprint density at radius 2 is 1.85 bits per heavy atom. The Morgan fingerprint density at radius 1 is 1.19 bits per heavy atom. The summed E-state index contributed by atoms with van der Waals surface area (Å²) < 4.78 is 49.9. The number of alkyl halides is 3. The Morgan fingerprint density at radius 3 is 2.44 bits per heavy atom. The summed E-state index contributed by atoms with van der Waals surface area (Å²) in [5, 5.41) is 0.00545. The van der Waals surface area contributed by atoms with Gasteiger partial charge in [-0.05, 0) is 25.1 Å². The molecule has 0 amide bonds. The summed E-state index contributed by atoms with van der Waals surface area (Å²) >= 11 is 6.04. The molecular formula is C19H20ClF3N2O2. The van der Waals surface area contributed by atoms with Crippen molar-refractivity contribution in [1.82, 2.24) is 4.98 Å². The highest BCUT2D eigenvalue weighted by Gasteiger charge is 2.32. The second kappa shape index (κ2) is 8.25. The Kier molecular flexibility index (Phi) is 5.99. The number of piperidine rings is 1. The van der Waals surface area contributed by atoms with Crippen molar-refractivity contribution < 1.29 is 22.6 Å². The van der Waals surface area contributed by atoms with Gasteiger partial charge in [0.1, 0.15) is 11.9 Å². The van der Waals surface area contributed by atoms with E-state index in [2.05, 4.69) is 4.98 Å². The van der Waals surface area contributed by atoms with Crippen LogP contribution >= 0.6 is 11.6 Å². The highest BCUT2D eigenvalue weighted by Crippen LogP contribution is 2.35. The first kappa shape index (κ1) is 19.6. The first-order valence-corrected chi connectivity index (χ1v) is 9.12. The zero-order chi connectivity index (χ0) is 19.4. The van der Waals surface area contributed by atoms with E-state index in [9.17, 15) is 13.2 Å². The third-order valence-corrected chi connectivity index (χ3v) is 4.61. The van der Waals surface area contributed by atoms with Gasteiger partial charge in [0.15, 0.2) is 11.5 Å². The molecule has 1 aromatic heterocycles. The van der Waals surface area contributed by atoms with Gasteiger partial charge >= 0.3 is 6.18 Å². The molecule has 0 spiro atoms. The number of hydrogen-bond donors (Lipinski definition) is 0. The van der Waals surface area contributed by atoms with Gasteiger partial charge in [-0.3, -0.25) is 0 Å². The Bertz CT molecular complexity index is 778. The van der Waals surface area contributed by atoms with Gasteiger partial charge < -0.3 is 14.4 Å². The van der Waals surface area contributed by atoms with E-state index < -0.39 is 11.7 Å². The molecule has 2 heterocycles. The second-order valence-electron chi connectivity index (χ2n) is 6.21. The van der Waals surface area contributed by atoms with Crippen LogP contribution in [0.4, 0.5) is 19.0 Å². The molecule has 4 nitrogen and oxygen atoms in total. The number of hydrogen-bond acceptors (Lipinski definition) is 4. The van der Waals surface area contributed by atoms with E-state index in [1.165, 1.54) is 0 Å². The van der Waals surface area contributed by atoms with Crippen molar-refractivity contribution in [2.24, 2.45) is 0 Å². The number of pyridine rings is 1. The van der Waals surface area contributed by atoms with Crippen LogP contribution in [0.1, 0.15) is 25.3 Å². The fourth-order valence-electron chi connectivity index (χ4n) is 3.01. The minimum absolute atomic E-state index is 0.00363. The minimum atomic E-state index is -4.45. The molecule has 0 atom stereocenters. The maximum Gasteiger partial charge on any atom is 0.417 e. The van der Waals surface area contributed by atoms with Gasteiger partial charge in [-0.25, -0.2) is 4.98 Å². The van der Waals surface area contributed by atoms with Crippen molar-refractivity contribution in [2.75, 3.05) is 24.6 Å². The molecule has 0 bridgehead atoms. The van der Waals surface area contributed by atoms with Crippen LogP contribution < -0.4 is 14.4 Å². The molecular weight excluding hydrogens is 381 g/mol. The summed E-state index contributed by atoms with van der Waals surface area (Å²) in [5.74, 6) is 1.77. The van der Waals surface area contributed by atoms with Crippen LogP contribution in [0.5, 0.6) is 11.5 Å². The summed E-state index contributed by atoms with van der Waals surface area (Å²) in [6, 6.07) is 8.42. The number of benzene rings is 1. The Labute approximate surface area is 160 Å². The maximum absolute atomic E-state index is 12.7. The third-order valence-electron chi connectivity index (χ3n) is 4.33. The number of ether oxygens (including phenoxy) is 2. The second-order valence-corrected chi connectivity index (χ2v) is 6.62. The molecule has 1 aromatic carbocycles. The molecule has 27 heavy (non-hydrogen) atoms. The Hall–Kier alpha value is -2.15. The number of anilines is 1. The van der Waals surface area contributed by atoms with Gasteiger partial charge in [-0.1, -0.05) is 23.7 Å². The lowest BCUT2D eigenvalue weighted by molar-refractivity contribution is -0.137. The highest BCUT2D eigenvalue weighted by atomic mass is 35.5. The van der Waals surface area contributed by atoms with E-state index >= 15 is 0 Å². The number of halogens is 4. The fraction of sp³-hybridized carbons (Fsp3) is 0.421. The van der Waals surface area contributed by atoms with Gasteiger partial charge in [0, 0.05) is 32.1 Å². The lowest BCUT2D eigenvalue weighted by Gasteiger charge is -2.33. The van der Waals surface area contributed by atoms with Crippen LogP contribution in [0.3, 0.4) is 0 Å². The van der Waals surface area contributed by atoms with Crippen LogP contribution in [0.15, 0.2) is 36.5 Å². The number of para-hydroxylation sites is 2. The van der Waals surface area contributed by atoms with Crippen molar-refractivity contribution in [3.8, 4) is 11.5 Å². The molecule has 0 unspecified atom stereocenters. The lowest BCUT2D eigenvalue weighted by atomic mass is 10.1. The molecule has 1 fully saturated rings. The molecule has 0 saturated carbocycles. The standard InChI is InChI=1S/C19H20ClF3N2O2/c1-2-26-16-5-3-4-6-17(16)27-14-7-9-25(10-8-14)18-15(20)11-13(12-24-18)19(21,22)23/h3-6,11-12,14H,2,7-10H2,1H3. The van der Waals surface area contributed by atoms with E-state index in [1.807, 2.05) is 36.1 Å². The van der Waals surface area contributed by atoms with Crippen molar-refractivity contribution in [2.45, 2.75) is 32.0 Å². The molecule has 1 saturated heterocycles. The molecule has 8 heteroatoms. The zero-order valence-corrected chi connectivity index (χ0v) is 15.6. The predicted molar refractivity (Wildman–Crippen MR) is 97.7 cm³/mol. The van der Waals surface area contributed by atoms with Crippen molar-refractivity contribution >= 4 is 17.4 Å². The topological polar surface area (TPSA) is 34.6 Å². The third kappa shape index (κ3) is 4.77. The smallest absolute Gasteiger partial charge is 0.417 e. The molecule has 146 valence electrons. The average molecular weight is 401 g/mol. The summed E-state index contributed by atoms with van der Waals surface area (Å²) in [5.41, 5.74) is -0.845. The van der Waals surface area contributed by atoms with Gasteiger partial charge in [-0.2, -0.15) is 13.2 Å². The summed E-state index contributed by atoms with van der Waals surface area (Å²) in [6.07, 6.45) is -2.22. The van der Waals surface area contributed by atoms with E-state index in [1.54, 1.807) is 0 Å². The fourth-order valence-corrected chi connectivity index (χ4v) is 3.29. The highest BCUT2D eigenvalue weighted by molar-refractivity contribution is 6.33. The normalized spacial score (nSPS) is 15.7. The van der Waals surface area contributed by atoms with Gasteiger partial charge in [0.25, 0.3) is 0 Å². The molecule has 3 rings (SSSR count). The zero-order valence-electron chi connectivity index (χ0n) is 14.8. The largest absolute Gasteiger partial charge is 0.490 e. The predicted octanol–water partition coefficient (Wildman–Crippen LogP) is 5.20. The molecule has 0 radical (unpaired) electrons. The van der Waals surface area contributed by atoms with E-state index in [4.69, 9.17) is 21.1 Å². The molecule has 1 aliphatic heterocycles. The SMILES string of the molecule is CCOc1ccccc1OC1CCN(c2ncc(C(F)(F)F)cc2Cl)CC1. The quantitative estimate of drug-likeness (QED) is 0.691. The van der Waals surface area contributed by atoms with Crippen LogP contribution in [-0.4, -0.2) is 30.8 Å². The first-order chi connectivity index (χ1) is 12.9. The van der Waals surface area contributed by atoms with Gasteiger partial charge in [0.05, 0.1) is 17.2 Å². The van der Waals surface area contributed by atoms with Gasteiger partial charge in [0.2, 0.25) is 0 Å². The first-order valence-electron chi connectivity index (χ1n) is 8.74. The average Bonchev–Trinajstić information content (AvgIpc) is 2.63. The van der Waals surface area contributed by atoms with Crippen molar-refractivity contribution in [1.29, 1.82) is 0 Å². The van der Waals surface area contributed by atoms with Gasteiger partial charge in [-0.15, -0.1) is 0 Å². The summed E-state index contributed by atoms with van der Waals surface area (Å²) in [4.78, 5) is 5.81. The summed E-state index contributed by atoms with van der Waals surface area (Å²) in [6.45, 7) is 3.66. The Balaban J connectivity index is 1.63. The number of nitrogens with zero attached hydrogens (tertiary/aromatic N) is 2. The van der Waals surface area contributed by atoms with E-state index in [0.717, 1.165) is 12.3 Å².